The van der Waals surface area contributed by atoms with Gasteiger partial charge in [-0.05, 0) is 41.3 Å². The van der Waals surface area contributed by atoms with Gasteiger partial charge < -0.3 is 15.2 Å². The van der Waals surface area contributed by atoms with Crippen molar-refractivity contribution in [3.05, 3.63) is 70.2 Å². The number of nitrogens with zero attached hydrogens (tertiary/aromatic N) is 2. The second kappa shape index (κ2) is 7.99. The van der Waals surface area contributed by atoms with E-state index in [1.165, 1.54) is 16.0 Å². The van der Waals surface area contributed by atoms with Gasteiger partial charge in [-0.1, -0.05) is 24.3 Å². The normalized spacial score (nSPS) is 18.2. The number of ether oxygens (including phenoxy) is 2. The van der Waals surface area contributed by atoms with Gasteiger partial charge in [0.2, 0.25) is 0 Å². The van der Waals surface area contributed by atoms with Gasteiger partial charge in [0.15, 0.2) is 11.9 Å². The van der Waals surface area contributed by atoms with Crippen molar-refractivity contribution in [1.29, 1.82) is 0 Å². The van der Waals surface area contributed by atoms with Crippen molar-refractivity contribution in [1.82, 2.24) is 9.88 Å². The van der Waals surface area contributed by atoms with Crippen LogP contribution in [0.15, 0.2) is 48.7 Å². The Morgan fingerprint density at radius 3 is 2.93 bits per heavy atom. The van der Waals surface area contributed by atoms with Crippen molar-refractivity contribution in [2.75, 3.05) is 18.9 Å². The number of fused-ring (bicyclic) bond motifs is 2. The summed E-state index contributed by atoms with van der Waals surface area (Å²) in [5.41, 5.74) is 9.79. The van der Waals surface area contributed by atoms with E-state index in [2.05, 4.69) is 40.2 Å². The van der Waals surface area contributed by atoms with Crippen molar-refractivity contribution in [2.45, 2.75) is 25.6 Å². The number of halogens is 1. The summed E-state index contributed by atoms with van der Waals surface area (Å²) in [6.45, 7) is 3.52. The van der Waals surface area contributed by atoms with Crippen LogP contribution in [0, 0.1) is 0 Å². The molecule has 0 bridgehead atoms. The average molecular weight is 416 g/mol. The van der Waals surface area contributed by atoms with Crippen LogP contribution in [0.25, 0.3) is 0 Å². The van der Waals surface area contributed by atoms with E-state index in [0.717, 1.165) is 36.6 Å². The van der Waals surface area contributed by atoms with Gasteiger partial charge in [0.05, 0.1) is 5.00 Å². The van der Waals surface area contributed by atoms with E-state index < -0.39 is 0 Å². The lowest BCUT2D eigenvalue weighted by Gasteiger charge is -2.27. The van der Waals surface area contributed by atoms with Gasteiger partial charge in [-0.15, -0.1) is 23.7 Å². The van der Waals surface area contributed by atoms with Gasteiger partial charge in [-0.3, -0.25) is 4.90 Å². The Morgan fingerprint density at radius 2 is 2.07 bits per heavy atom. The molecule has 1 atom stereocenters. The molecule has 2 N–H and O–H groups in total. The van der Waals surface area contributed by atoms with Gasteiger partial charge in [0.25, 0.3) is 5.88 Å². The Morgan fingerprint density at radius 1 is 1.21 bits per heavy atom. The minimum atomic E-state index is -0.118. The summed E-state index contributed by atoms with van der Waals surface area (Å²) < 4.78 is 11.8. The molecule has 0 spiro atoms. The maximum Gasteiger partial charge on any atom is 0.257 e. The summed E-state index contributed by atoms with van der Waals surface area (Å²) >= 11 is 1.72. The number of aromatic nitrogens is 1. The summed E-state index contributed by atoms with van der Waals surface area (Å²) in [7, 11) is 0. The van der Waals surface area contributed by atoms with Crippen molar-refractivity contribution >= 4 is 28.7 Å². The monoisotopic (exact) mass is 415 g/mol. The minimum Gasteiger partial charge on any atom is -0.484 e. The quantitative estimate of drug-likeness (QED) is 0.694. The SMILES string of the molecule is Cl.Nc1cc2c(s1)CN(Cc1ccc([C@H]3COc4cccnc4O3)cc1)CC2. The number of nitrogens with two attached hydrogens (primary N) is 1. The summed E-state index contributed by atoms with van der Waals surface area (Å²) in [5, 5.41) is 0.928. The van der Waals surface area contributed by atoms with E-state index in [1.54, 1.807) is 17.5 Å². The smallest absolute Gasteiger partial charge is 0.257 e. The van der Waals surface area contributed by atoms with E-state index in [-0.39, 0.29) is 18.5 Å². The third kappa shape index (κ3) is 3.81. The van der Waals surface area contributed by atoms with Gasteiger partial charge in [-0.2, -0.15) is 0 Å². The summed E-state index contributed by atoms with van der Waals surface area (Å²) in [6, 6.07) is 14.5. The standard InChI is InChI=1S/C21H21N3O2S.ClH/c22-20-10-16-7-9-24(12-19(16)27-20)11-14-3-5-15(6-4-14)18-13-25-17-2-1-8-23-21(17)26-18;/h1-6,8,10,18H,7,9,11-13,22H2;1H/t18-;/m1./s1. The fraction of sp³-hybridized carbons (Fsp3) is 0.286. The number of hydrogen-bond donors (Lipinski definition) is 1. The molecule has 5 rings (SSSR count). The zero-order chi connectivity index (χ0) is 18.2. The molecule has 0 radical (unpaired) electrons. The highest BCUT2D eigenvalue weighted by molar-refractivity contribution is 7.16. The van der Waals surface area contributed by atoms with Gasteiger partial charge in [-0.25, -0.2) is 4.98 Å². The van der Waals surface area contributed by atoms with Crippen molar-refractivity contribution in [3.8, 4) is 11.6 Å². The number of anilines is 1. The molecule has 4 heterocycles. The second-order valence-electron chi connectivity index (χ2n) is 7.02. The van der Waals surface area contributed by atoms with Crippen molar-refractivity contribution in [2.24, 2.45) is 0 Å². The lowest BCUT2D eigenvalue weighted by molar-refractivity contribution is 0.0851. The Balaban J connectivity index is 0.00000192. The van der Waals surface area contributed by atoms with E-state index in [4.69, 9.17) is 15.2 Å². The third-order valence-corrected chi connectivity index (χ3v) is 6.11. The van der Waals surface area contributed by atoms with E-state index in [9.17, 15) is 0 Å². The number of nitrogen functional groups attached to an aromatic ring is 1. The summed E-state index contributed by atoms with van der Waals surface area (Å²) in [5.74, 6) is 1.28. The highest BCUT2D eigenvalue weighted by Crippen LogP contribution is 2.34. The van der Waals surface area contributed by atoms with Gasteiger partial charge in [0.1, 0.15) is 6.61 Å². The predicted molar refractivity (Wildman–Crippen MR) is 113 cm³/mol. The first-order chi connectivity index (χ1) is 13.2. The molecule has 7 heteroatoms. The molecule has 0 amide bonds. The molecule has 2 aromatic heterocycles. The van der Waals surface area contributed by atoms with Crippen LogP contribution in [0.5, 0.6) is 11.6 Å². The predicted octanol–water partition coefficient (Wildman–Crippen LogP) is 4.22. The maximum atomic E-state index is 5.99. The van der Waals surface area contributed by atoms with Crippen LogP contribution in [0.1, 0.15) is 27.7 Å². The fourth-order valence-corrected chi connectivity index (χ4v) is 4.72. The Hall–Kier alpha value is -2.28. The Labute approximate surface area is 174 Å². The summed E-state index contributed by atoms with van der Waals surface area (Å²) in [6.07, 6.45) is 2.69. The molecular weight excluding hydrogens is 394 g/mol. The van der Waals surface area contributed by atoms with Crippen LogP contribution in [0.2, 0.25) is 0 Å². The molecule has 28 heavy (non-hydrogen) atoms. The molecule has 3 aromatic rings. The molecule has 0 saturated carbocycles. The van der Waals surface area contributed by atoms with Crippen LogP contribution < -0.4 is 15.2 Å². The molecule has 146 valence electrons. The first kappa shape index (κ1) is 19.1. The summed E-state index contributed by atoms with van der Waals surface area (Å²) in [4.78, 5) is 8.14. The molecule has 0 fully saturated rings. The van der Waals surface area contributed by atoms with Gasteiger partial charge in [0, 0.05) is 30.7 Å². The lowest BCUT2D eigenvalue weighted by atomic mass is 10.0. The lowest BCUT2D eigenvalue weighted by Crippen LogP contribution is -2.29. The van der Waals surface area contributed by atoms with Crippen LogP contribution >= 0.6 is 23.7 Å². The van der Waals surface area contributed by atoms with Gasteiger partial charge >= 0.3 is 0 Å². The Kier molecular flexibility index (Phi) is 5.44. The molecule has 2 aliphatic rings. The average Bonchev–Trinajstić information content (AvgIpc) is 3.07. The number of thiophene rings is 1. The molecule has 0 aliphatic carbocycles. The maximum absolute atomic E-state index is 5.99. The molecule has 5 nitrogen and oxygen atoms in total. The third-order valence-electron chi connectivity index (χ3n) is 5.12. The number of pyridine rings is 1. The molecular formula is C21H22ClN3O2S. The van der Waals surface area contributed by atoms with Crippen LogP contribution in [0.4, 0.5) is 5.00 Å². The minimum absolute atomic E-state index is 0. The van der Waals surface area contributed by atoms with E-state index in [0.29, 0.717) is 18.2 Å². The van der Waals surface area contributed by atoms with Crippen molar-refractivity contribution in [3.63, 3.8) is 0 Å². The molecule has 2 aliphatic heterocycles. The molecule has 0 unspecified atom stereocenters. The zero-order valence-corrected chi connectivity index (χ0v) is 17.0. The largest absolute Gasteiger partial charge is 0.484 e. The van der Waals surface area contributed by atoms with E-state index >= 15 is 0 Å². The van der Waals surface area contributed by atoms with Crippen LogP contribution in [-0.2, 0) is 19.5 Å². The Bertz CT molecular complexity index is 961. The van der Waals surface area contributed by atoms with Crippen LogP contribution in [-0.4, -0.2) is 23.0 Å². The van der Waals surface area contributed by atoms with E-state index in [1.807, 2.05) is 12.1 Å². The molecule has 1 aromatic carbocycles. The molecule has 0 saturated heterocycles. The number of benzene rings is 1. The first-order valence-corrected chi connectivity index (χ1v) is 9.99. The number of rotatable bonds is 3. The zero-order valence-electron chi connectivity index (χ0n) is 15.3. The highest BCUT2D eigenvalue weighted by atomic mass is 35.5. The second-order valence-corrected chi connectivity index (χ2v) is 8.19. The highest BCUT2D eigenvalue weighted by Gasteiger charge is 2.23. The first-order valence-electron chi connectivity index (χ1n) is 9.17. The topological polar surface area (TPSA) is 60.6 Å². The van der Waals surface area contributed by atoms with Crippen LogP contribution in [0.3, 0.4) is 0 Å². The fourth-order valence-electron chi connectivity index (χ4n) is 3.70. The number of hydrogen-bond acceptors (Lipinski definition) is 6. The van der Waals surface area contributed by atoms with Crippen molar-refractivity contribution < 1.29 is 9.47 Å².